The first-order valence-corrected chi connectivity index (χ1v) is 6.66. The van der Waals surface area contributed by atoms with E-state index in [9.17, 15) is 4.79 Å². The molecule has 1 aromatic carbocycles. The van der Waals surface area contributed by atoms with E-state index in [1.807, 2.05) is 18.2 Å². The predicted molar refractivity (Wildman–Crippen MR) is 71.1 cm³/mol. The number of nitrogens with one attached hydrogen (secondary N) is 1. The van der Waals surface area contributed by atoms with Crippen molar-refractivity contribution >= 4 is 5.91 Å². The van der Waals surface area contributed by atoms with Gasteiger partial charge in [-0.1, -0.05) is 30.3 Å². The molecule has 0 atom stereocenters. The number of aliphatic hydroxyl groups excluding tert-OH is 1. The van der Waals surface area contributed by atoms with Gasteiger partial charge in [0.25, 0.3) is 0 Å². The van der Waals surface area contributed by atoms with E-state index in [1.165, 1.54) is 5.56 Å². The van der Waals surface area contributed by atoms with Crippen LogP contribution in [0.2, 0.25) is 0 Å². The summed E-state index contributed by atoms with van der Waals surface area (Å²) in [5.74, 6) is 0.102. The van der Waals surface area contributed by atoms with Crippen molar-refractivity contribution in [1.29, 1.82) is 0 Å². The zero-order chi connectivity index (χ0) is 12.8. The number of benzene rings is 1. The smallest absolute Gasteiger partial charge is 0.220 e. The average Bonchev–Trinajstić information content (AvgIpc) is 3.18. The van der Waals surface area contributed by atoms with E-state index in [4.69, 9.17) is 5.11 Å². The Labute approximate surface area is 108 Å². The van der Waals surface area contributed by atoms with Crippen molar-refractivity contribution < 1.29 is 9.90 Å². The maximum absolute atomic E-state index is 11.6. The Morgan fingerprint density at radius 1 is 1.28 bits per heavy atom. The van der Waals surface area contributed by atoms with E-state index in [-0.39, 0.29) is 17.9 Å². The minimum absolute atomic E-state index is 0.00902. The van der Waals surface area contributed by atoms with Gasteiger partial charge in [-0.15, -0.1) is 0 Å². The molecule has 2 rings (SSSR count). The van der Waals surface area contributed by atoms with Crippen LogP contribution in [0.3, 0.4) is 0 Å². The van der Waals surface area contributed by atoms with Crippen LogP contribution in [0.1, 0.15) is 31.2 Å². The van der Waals surface area contributed by atoms with Gasteiger partial charge in [-0.05, 0) is 31.2 Å². The van der Waals surface area contributed by atoms with E-state index in [1.54, 1.807) is 0 Å². The second-order valence-electron chi connectivity index (χ2n) is 5.27. The summed E-state index contributed by atoms with van der Waals surface area (Å²) in [6.45, 7) is 0.824. The lowest BCUT2D eigenvalue weighted by Gasteiger charge is -2.12. The number of carbonyl (C=O) groups is 1. The third-order valence-electron chi connectivity index (χ3n) is 3.67. The lowest BCUT2D eigenvalue weighted by atomic mass is 10.1. The topological polar surface area (TPSA) is 49.3 Å². The molecule has 0 heterocycles. The first kappa shape index (κ1) is 13.1. The van der Waals surface area contributed by atoms with Gasteiger partial charge >= 0.3 is 0 Å². The number of amides is 1. The molecule has 1 fully saturated rings. The molecule has 2 N–H and O–H groups in total. The summed E-state index contributed by atoms with van der Waals surface area (Å²) in [5, 5.41) is 12.1. The summed E-state index contributed by atoms with van der Waals surface area (Å²) in [5.41, 5.74) is 1.29. The maximum Gasteiger partial charge on any atom is 0.220 e. The molecule has 1 aromatic rings. The molecular weight excluding hydrogens is 226 g/mol. The van der Waals surface area contributed by atoms with Crippen LogP contribution in [-0.2, 0) is 11.2 Å². The van der Waals surface area contributed by atoms with E-state index < -0.39 is 0 Å². The molecular formula is C15H21NO2. The normalized spacial score (nSPS) is 16.3. The molecule has 0 aliphatic heterocycles. The van der Waals surface area contributed by atoms with Crippen LogP contribution in [0, 0.1) is 5.41 Å². The van der Waals surface area contributed by atoms with E-state index >= 15 is 0 Å². The maximum atomic E-state index is 11.6. The van der Waals surface area contributed by atoms with Crippen molar-refractivity contribution in [3.63, 3.8) is 0 Å². The minimum atomic E-state index is 0.00902. The SMILES string of the molecule is O=C(CCCc1ccccc1)NCC1(CO)CC1. The number of hydrogen-bond donors (Lipinski definition) is 2. The number of hydrogen-bond acceptors (Lipinski definition) is 2. The molecule has 3 heteroatoms. The second kappa shape index (κ2) is 6.01. The van der Waals surface area contributed by atoms with Gasteiger partial charge in [-0.3, -0.25) is 4.79 Å². The number of rotatable bonds is 7. The standard InChI is InChI=1S/C15H21NO2/c17-12-15(9-10-15)11-16-14(18)8-4-7-13-5-2-1-3-6-13/h1-3,5-6,17H,4,7-12H2,(H,16,18). The lowest BCUT2D eigenvalue weighted by molar-refractivity contribution is -0.121. The first-order chi connectivity index (χ1) is 8.74. The van der Waals surface area contributed by atoms with Gasteiger partial charge in [0.1, 0.15) is 0 Å². The third kappa shape index (κ3) is 3.84. The average molecular weight is 247 g/mol. The van der Waals surface area contributed by atoms with E-state index in [0.717, 1.165) is 25.7 Å². The van der Waals surface area contributed by atoms with Crippen molar-refractivity contribution in [2.75, 3.05) is 13.2 Å². The molecule has 0 spiro atoms. The third-order valence-corrected chi connectivity index (χ3v) is 3.67. The van der Waals surface area contributed by atoms with Crippen LogP contribution in [0.25, 0.3) is 0 Å². The molecule has 0 aromatic heterocycles. The van der Waals surface area contributed by atoms with Gasteiger partial charge in [-0.2, -0.15) is 0 Å². The van der Waals surface area contributed by atoms with Crippen LogP contribution in [-0.4, -0.2) is 24.2 Å². The van der Waals surface area contributed by atoms with Crippen LogP contribution in [0.5, 0.6) is 0 Å². The highest BCUT2D eigenvalue weighted by atomic mass is 16.3. The molecule has 18 heavy (non-hydrogen) atoms. The molecule has 98 valence electrons. The van der Waals surface area contributed by atoms with Crippen LogP contribution in [0.4, 0.5) is 0 Å². The Balaban J connectivity index is 1.60. The summed E-state index contributed by atoms with van der Waals surface area (Å²) in [6, 6.07) is 10.2. The van der Waals surface area contributed by atoms with Gasteiger partial charge < -0.3 is 10.4 Å². The monoisotopic (exact) mass is 247 g/mol. The van der Waals surface area contributed by atoms with Gasteiger partial charge in [0.05, 0.1) is 6.61 Å². The zero-order valence-electron chi connectivity index (χ0n) is 10.7. The van der Waals surface area contributed by atoms with Crippen LogP contribution in [0.15, 0.2) is 30.3 Å². The summed E-state index contributed by atoms with van der Waals surface area (Å²) in [7, 11) is 0. The molecule has 3 nitrogen and oxygen atoms in total. The molecule has 0 bridgehead atoms. The van der Waals surface area contributed by atoms with Crippen molar-refractivity contribution in [3.05, 3.63) is 35.9 Å². The largest absolute Gasteiger partial charge is 0.396 e. The van der Waals surface area contributed by atoms with Crippen molar-refractivity contribution in [2.24, 2.45) is 5.41 Å². The Morgan fingerprint density at radius 3 is 2.61 bits per heavy atom. The molecule has 1 aliphatic carbocycles. The molecule has 1 amide bonds. The van der Waals surface area contributed by atoms with E-state index in [2.05, 4.69) is 17.4 Å². The fourth-order valence-electron chi connectivity index (χ4n) is 2.04. The van der Waals surface area contributed by atoms with E-state index in [0.29, 0.717) is 13.0 Å². The second-order valence-corrected chi connectivity index (χ2v) is 5.27. The Bertz CT molecular complexity index is 385. The minimum Gasteiger partial charge on any atom is -0.396 e. The highest BCUT2D eigenvalue weighted by Crippen LogP contribution is 2.44. The molecule has 1 saturated carbocycles. The molecule has 1 aliphatic rings. The summed E-state index contributed by atoms with van der Waals surface area (Å²) >= 11 is 0. The van der Waals surface area contributed by atoms with Crippen LogP contribution < -0.4 is 5.32 Å². The Morgan fingerprint density at radius 2 is 2.00 bits per heavy atom. The van der Waals surface area contributed by atoms with Crippen LogP contribution >= 0.6 is 0 Å². The summed E-state index contributed by atoms with van der Waals surface area (Å²) in [6.07, 6.45) is 4.46. The molecule has 0 unspecified atom stereocenters. The van der Waals surface area contributed by atoms with Crippen molar-refractivity contribution in [1.82, 2.24) is 5.32 Å². The summed E-state index contributed by atoms with van der Waals surface area (Å²) in [4.78, 5) is 11.6. The number of carbonyl (C=O) groups excluding carboxylic acids is 1. The van der Waals surface area contributed by atoms with Crippen molar-refractivity contribution in [2.45, 2.75) is 32.1 Å². The number of aliphatic hydroxyl groups is 1. The first-order valence-electron chi connectivity index (χ1n) is 6.66. The zero-order valence-corrected chi connectivity index (χ0v) is 10.7. The van der Waals surface area contributed by atoms with Gasteiger partial charge in [0.15, 0.2) is 0 Å². The fourth-order valence-corrected chi connectivity index (χ4v) is 2.04. The highest BCUT2D eigenvalue weighted by Gasteiger charge is 2.41. The highest BCUT2D eigenvalue weighted by molar-refractivity contribution is 5.75. The Hall–Kier alpha value is -1.35. The predicted octanol–water partition coefficient (Wildman–Crippen LogP) is 1.90. The quantitative estimate of drug-likeness (QED) is 0.773. The van der Waals surface area contributed by atoms with Crippen molar-refractivity contribution in [3.8, 4) is 0 Å². The fraction of sp³-hybridized carbons (Fsp3) is 0.533. The molecule has 0 radical (unpaired) electrons. The van der Waals surface area contributed by atoms with Gasteiger partial charge in [0, 0.05) is 18.4 Å². The van der Waals surface area contributed by atoms with Gasteiger partial charge in [0.2, 0.25) is 5.91 Å². The number of aryl methyl sites for hydroxylation is 1. The molecule has 0 saturated heterocycles. The lowest BCUT2D eigenvalue weighted by Crippen LogP contribution is -2.31. The van der Waals surface area contributed by atoms with Gasteiger partial charge in [-0.25, -0.2) is 0 Å². The Kier molecular flexibility index (Phi) is 4.37. The summed E-state index contributed by atoms with van der Waals surface area (Å²) < 4.78 is 0.